The SMILES string of the molecule is COc1ccccc1C(c1ccc(N(C)CC(F)(F)F)cc1)c1ccc(N(C)CC(F)(F)F)cc1. The van der Waals surface area contributed by atoms with Gasteiger partial charge in [0.2, 0.25) is 0 Å². The number of para-hydroxylation sites is 1. The molecule has 0 bridgehead atoms. The standard InChI is InChI=1S/C26H26F6N2O/c1-33(16-25(27,28)29)20-12-8-18(9-13-20)24(22-6-4-5-7-23(22)35-3)19-10-14-21(15-11-19)34(2)17-26(30,31)32/h4-15,24H,16-17H2,1-3H3. The summed E-state index contributed by atoms with van der Waals surface area (Å²) < 4.78 is 82.2. The van der Waals surface area contributed by atoms with Gasteiger partial charge in [-0.3, -0.25) is 0 Å². The van der Waals surface area contributed by atoms with Crippen molar-refractivity contribution in [2.75, 3.05) is 44.1 Å². The Bertz CT molecular complexity index is 1030. The van der Waals surface area contributed by atoms with E-state index in [0.29, 0.717) is 17.1 Å². The van der Waals surface area contributed by atoms with E-state index in [-0.39, 0.29) is 5.92 Å². The van der Waals surface area contributed by atoms with Gasteiger partial charge in [-0.15, -0.1) is 0 Å². The summed E-state index contributed by atoms with van der Waals surface area (Å²) in [6.07, 6.45) is -8.65. The molecular weight excluding hydrogens is 470 g/mol. The lowest BCUT2D eigenvalue weighted by Gasteiger charge is -2.25. The van der Waals surface area contributed by atoms with Crippen LogP contribution in [0.25, 0.3) is 0 Å². The summed E-state index contributed by atoms with van der Waals surface area (Å²) in [7, 11) is 4.28. The lowest BCUT2D eigenvalue weighted by molar-refractivity contribution is -0.120. The molecule has 0 fully saturated rings. The average molecular weight is 496 g/mol. The topological polar surface area (TPSA) is 15.7 Å². The Morgan fingerprint density at radius 2 is 1.06 bits per heavy atom. The van der Waals surface area contributed by atoms with Crippen LogP contribution in [0.4, 0.5) is 37.7 Å². The van der Waals surface area contributed by atoms with Crippen molar-refractivity contribution >= 4 is 11.4 Å². The van der Waals surface area contributed by atoms with Crippen LogP contribution in [0.3, 0.4) is 0 Å². The number of methoxy groups -OCH3 is 1. The highest BCUT2D eigenvalue weighted by Gasteiger charge is 2.30. The number of rotatable bonds is 8. The summed E-state index contributed by atoms with van der Waals surface area (Å²) in [5.74, 6) is 0.268. The third-order valence-electron chi connectivity index (χ3n) is 5.62. The molecule has 0 atom stereocenters. The van der Waals surface area contributed by atoms with Crippen LogP contribution in [-0.2, 0) is 0 Å². The van der Waals surface area contributed by atoms with Gasteiger partial charge in [-0.2, -0.15) is 26.3 Å². The number of alkyl halides is 6. The highest BCUT2D eigenvalue weighted by atomic mass is 19.4. The number of ether oxygens (including phenoxy) is 1. The molecule has 0 N–H and O–H groups in total. The fourth-order valence-corrected chi connectivity index (χ4v) is 4.02. The lowest BCUT2D eigenvalue weighted by Crippen LogP contribution is -2.30. The van der Waals surface area contributed by atoms with E-state index in [9.17, 15) is 26.3 Å². The van der Waals surface area contributed by atoms with Crippen molar-refractivity contribution in [3.05, 3.63) is 89.5 Å². The Kier molecular flexibility index (Phi) is 7.87. The smallest absolute Gasteiger partial charge is 0.405 e. The van der Waals surface area contributed by atoms with Crippen molar-refractivity contribution < 1.29 is 31.1 Å². The molecule has 0 aliphatic rings. The zero-order valence-electron chi connectivity index (χ0n) is 19.5. The summed E-state index contributed by atoms with van der Waals surface area (Å²) >= 11 is 0. The summed E-state index contributed by atoms with van der Waals surface area (Å²) in [6.45, 7) is -2.15. The number of halogens is 6. The zero-order chi connectivity index (χ0) is 25.8. The Morgan fingerprint density at radius 1 is 0.657 bits per heavy atom. The number of anilines is 2. The predicted octanol–water partition coefficient (Wildman–Crippen LogP) is 6.87. The van der Waals surface area contributed by atoms with Gasteiger partial charge in [-0.05, 0) is 41.5 Å². The van der Waals surface area contributed by atoms with Gasteiger partial charge in [0.25, 0.3) is 0 Å². The van der Waals surface area contributed by atoms with Crippen molar-refractivity contribution in [2.24, 2.45) is 0 Å². The average Bonchev–Trinajstić information content (AvgIpc) is 2.78. The molecule has 0 aromatic heterocycles. The van der Waals surface area contributed by atoms with Crippen molar-refractivity contribution in [1.82, 2.24) is 0 Å². The second-order valence-corrected chi connectivity index (χ2v) is 8.30. The zero-order valence-corrected chi connectivity index (χ0v) is 19.5. The second kappa shape index (κ2) is 10.5. The molecule has 0 aliphatic heterocycles. The third kappa shape index (κ3) is 7.07. The molecule has 0 radical (unpaired) electrons. The molecule has 0 heterocycles. The van der Waals surface area contributed by atoms with Gasteiger partial charge < -0.3 is 14.5 Å². The van der Waals surface area contributed by atoms with E-state index in [1.165, 1.54) is 14.1 Å². The Hall–Kier alpha value is -3.36. The molecular formula is C26H26F6N2O. The van der Waals surface area contributed by atoms with Gasteiger partial charge in [-0.1, -0.05) is 42.5 Å². The summed E-state index contributed by atoms with van der Waals surface area (Å²) in [6, 6.07) is 20.9. The monoisotopic (exact) mass is 496 g/mol. The molecule has 3 rings (SSSR count). The summed E-state index contributed by atoms with van der Waals surface area (Å²) in [5, 5.41) is 0. The molecule has 0 saturated heterocycles. The van der Waals surface area contributed by atoms with Crippen LogP contribution in [0.2, 0.25) is 0 Å². The first kappa shape index (κ1) is 26.2. The highest BCUT2D eigenvalue weighted by Crippen LogP contribution is 2.38. The molecule has 0 saturated carbocycles. The van der Waals surface area contributed by atoms with Crippen LogP contribution in [-0.4, -0.2) is 46.6 Å². The van der Waals surface area contributed by atoms with Crippen LogP contribution in [0.5, 0.6) is 5.75 Å². The largest absolute Gasteiger partial charge is 0.496 e. The van der Waals surface area contributed by atoms with E-state index in [1.54, 1.807) is 61.7 Å². The summed E-state index contributed by atoms with van der Waals surface area (Å²) in [5.41, 5.74) is 3.25. The fourth-order valence-electron chi connectivity index (χ4n) is 4.02. The third-order valence-corrected chi connectivity index (χ3v) is 5.62. The van der Waals surface area contributed by atoms with Crippen LogP contribution in [0, 0.1) is 0 Å². The van der Waals surface area contributed by atoms with Crippen LogP contribution < -0.4 is 14.5 Å². The maximum Gasteiger partial charge on any atom is 0.405 e. The minimum absolute atomic E-state index is 0.352. The molecule has 3 nitrogen and oxygen atoms in total. The molecule has 0 unspecified atom stereocenters. The van der Waals surface area contributed by atoms with Gasteiger partial charge in [0, 0.05) is 37.0 Å². The Labute approximate surface area is 200 Å². The molecule has 3 aromatic rings. The first-order chi connectivity index (χ1) is 16.4. The maximum absolute atomic E-state index is 12.8. The molecule has 0 aliphatic carbocycles. The van der Waals surface area contributed by atoms with Gasteiger partial charge in [0.1, 0.15) is 18.8 Å². The van der Waals surface area contributed by atoms with Gasteiger partial charge in [0.05, 0.1) is 7.11 Å². The number of benzene rings is 3. The number of nitrogens with zero attached hydrogens (tertiary/aromatic N) is 2. The van der Waals surface area contributed by atoms with Crippen molar-refractivity contribution in [3.8, 4) is 5.75 Å². The van der Waals surface area contributed by atoms with Gasteiger partial charge >= 0.3 is 12.4 Å². The van der Waals surface area contributed by atoms with E-state index < -0.39 is 25.4 Å². The van der Waals surface area contributed by atoms with Crippen molar-refractivity contribution in [2.45, 2.75) is 18.3 Å². The molecule has 188 valence electrons. The van der Waals surface area contributed by atoms with Crippen molar-refractivity contribution in [3.63, 3.8) is 0 Å². The first-order valence-corrected chi connectivity index (χ1v) is 10.8. The molecule has 0 amide bonds. The lowest BCUT2D eigenvalue weighted by atomic mass is 9.84. The molecule has 3 aromatic carbocycles. The molecule has 0 spiro atoms. The van der Waals surface area contributed by atoms with Gasteiger partial charge in [0.15, 0.2) is 0 Å². The molecule has 35 heavy (non-hydrogen) atoms. The minimum Gasteiger partial charge on any atom is -0.496 e. The number of hydrogen-bond donors (Lipinski definition) is 0. The van der Waals surface area contributed by atoms with E-state index >= 15 is 0 Å². The minimum atomic E-state index is -4.33. The highest BCUT2D eigenvalue weighted by molar-refractivity contribution is 5.55. The number of hydrogen-bond acceptors (Lipinski definition) is 3. The van der Waals surface area contributed by atoms with Crippen molar-refractivity contribution in [1.29, 1.82) is 0 Å². The van der Waals surface area contributed by atoms with Crippen LogP contribution >= 0.6 is 0 Å². The van der Waals surface area contributed by atoms with E-state index in [4.69, 9.17) is 4.74 Å². The normalized spacial score (nSPS) is 12.1. The van der Waals surface area contributed by atoms with E-state index in [1.807, 2.05) is 18.2 Å². The second-order valence-electron chi connectivity index (χ2n) is 8.30. The Morgan fingerprint density at radius 3 is 1.43 bits per heavy atom. The predicted molar refractivity (Wildman–Crippen MR) is 125 cm³/mol. The Balaban J connectivity index is 1.99. The van der Waals surface area contributed by atoms with Gasteiger partial charge in [-0.25, -0.2) is 0 Å². The summed E-state index contributed by atoms with van der Waals surface area (Å²) in [4.78, 5) is 2.24. The van der Waals surface area contributed by atoms with E-state index in [2.05, 4.69) is 0 Å². The quantitative estimate of drug-likeness (QED) is 0.250. The fraction of sp³-hybridized carbons (Fsp3) is 0.308. The molecule has 9 heteroatoms. The maximum atomic E-state index is 12.8. The van der Waals surface area contributed by atoms with Crippen LogP contribution in [0.15, 0.2) is 72.8 Å². The van der Waals surface area contributed by atoms with E-state index in [0.717, 1.165) is 26.5 Å². The first-order valence-electron chi connectivity index (χ1n) is 10.8. The van der Waals surface area contributed by atoms with Crippen LogP contribution in [0.1, 0.15) is 22.6 Å².